The number of halogens is 1. The summed E-state index contributed by atoms with van der Waals surface area (Å²) in [5.41, 5.74) is 2.96. The molecule has 0 bridgehead atoms. The third-order valence-electron chi connectivity index (χ3n) is 2.69. The monoisotopic (exact) mass is 278 g/mol. The molecule has 1 aromatic heterocycles. The quantitative estimate of drug-likeness (QED) is 0.938. The van der Waals surface area contributed by atoms with Crippen LogP contribution in [0.25, 0.3) is 5.69 Å². The van der Waals surface area contributed by atoms with Gasteiger partial charge in [-0.05, 0) is 45.4 Å². The maximum absolute atomic E-state index is 6.19. The number of hydrogen-bond acceptors (Lipinski definition) is 3. The molecule has 0 aliphatic carbocycles. The van der Waals surface area contributed by atoms with Gasteiger partial charge in [-0.2, -0.15) is 0 Å². The van der Waals surface area contributed by atoms with Gasteiger partial charge in [0.2, 0.25) is 0 Å². The van der Waals surface area contributed by atoms with E-state index in [4.69, 9.17) is 11.6 Å². The van der Waals surface area contributed by atoms with Crippen LogP contribution < -0.4 is 5.32 Å². The molecule has 4 nitrogen and oxygen atoms in total. The number of benzene rings is 1. The lowest BCUT2D eigenvalue weighted by Gasteiger charge is -2.19. The highest BCUT2D eigenvalue weighted by atomic mass is 35.5. The highest BCUT2D eigenvalue weighted by Crippen LogP contribution is 2.20. The van der Waals surface area contributed by atoms with Crippen LogP contribution in [0.2, 0.25) is 5.02 Å². The standard InChI is InChI=1S/C14H19ClN4/c1-10-5-6-12(15)13(7-10)19-9-11(17-18-19)8-16-14(2,3)4/h5-7,9,16H,8H2,1-4H3. The van der Waals surface area contributed by atoms with Crippen molar-refractivity contribution in [2.24, 2.45) is 0 Å². The minimum absolute atomic E-state index is 0.0603. The first kappa shape index (κ1) is 14.0. The van der Waals surface area contributed by atoms with Crippen LogP contribution in [-0.2, 0) is 6.54 Å². The van der Waals surface area contributed by atoms with Crippen LogP contribution in [-0.4, -0.2) is 20.5 Å². The summed E-state index contributed by atoms with van der Waals surface area (Å²) >= 11 is 6.19. The summed E-state index contributed by atoms with van der Waals surface area (Å²) in [6.07, 6.45) is 1.90. The summed E-state index contributed by atoms with van der Waals surface area (Å²) in [6.45, 7) is 9.07. The summed E-state index contributed by atoms with van der Waals surface area (Å²) in [5, 5.41) is 12.3. The molecule has 1 N–H and O–H groups in total. The molecule has 0 aliphatic rings. The van der Waals surface area contributed by atoms with Crippen LogP contribution in [0.4, 0.5) is 0 Å². The second-order valence-electron chi connectivity index (χ2n) is 5.71. The van der Waals surface area contributed by atoms with Crippen molar-refractivity contribution in [3.63, 3.8) is 0 Å². The lowest BCUT2D eigenvalue weighted by Crippen LogP contribution is -2.35. The molecule has 0 atom stereocenters. The molecule has 0 amide bonds. The third kappa shape index (κ3) is 3.78. The van der Waals surface area contributed by atoms with Crippen LogP contribution in [0.5, 0.6) is 0 Å². The fourth-order valence-corrected chi connectivity index (χ4v) is 1.86. The molecule has 0 saturated heterocycles. The predicted molar refractivity (Wildman–Crippen MR) is 77.7 cm³/mol. The maximum Gasteiger partial charge on any atom is 0.0969 e. The van der Waals surface area contributed by atoms with Crippen LogP contribution in [0.3, 0.4) is 0 Å². The molecule has 2 aromatic rings. The van der Waals surface area contributed by atoms with Gasteiger partial charge in [-0.15, -0.1) is 5.10 Å². The molecule has 0 spiro atoms. The summed E-state index contributed by atoms with van der Waals surface area (Å²) in [6, 6.07) is 5.85. The first-order chi connectivity index (χ1) is 8.85. The molecule has 0 unspecified atom stereocenters. The molecule has 0 fully saturated rings. The van der Waals surface area contributed by atoms with E-state index in [1.807, 2.05) is 31.3 Å². The van der Waals surface area contributed by atoms with Crippen molar-refractivity contribution < 1.29 is 0 Å². The Kier molecular flexibility index (Phi) is 3.92. The highest BCUT2D eigenvalue weighted by Gasteiger charge is 2.11. The van der Waals surface area contributed by atoms with Gasteiger partial charge in [0.25, 0.3) is 0 Å². The van der Waals surface area contributed by atoms with Crippen molar-refractivity contribution >= 4 is 11.6 Å². The number of rotatable bonds is 3. The Hall–Kier alpha value is -1.39. The lowest BCUT2D eigenvalue weighted by atomic mass is 10.1. The van der Waals surface area contributed by atoms with Crippen molar-refractivity contribution in [2.45, 2.75) is 39.8 Å². The van der Waals surface area contributed by atoms with E-state index in [9.17, 15) is 0 Å². The Morgan fingerprint density at radius 1 is 1.32 bits per heavy atom. The molecule has 0 saturated carbocycles. The molecular formula is C14H19ClN4. The van der Waals surface area contributed by atoms with Gasteiger partial charge in [-0.3, -0.25) is 0 Å². The van der Waals surface area contributed by atoms with E-state index in [0.29, 0.717) is 11.6 Å². The van der Waals surface area contributed by atoms with E-state index < -0.39 is 0 Å². The van der Waals surface area contributed by atoms with Crippen LogP contribution in [0, 0.1) is 6.92 Å². The van der Waals surface area contributed by atoms with Crippen molar-refractivity contribution in [3.8, 4) is 5.69 Å². The average Bonchev–Trinajstić information content (AvgIpc) is 2.77. The molecule has 1 aromatic carbocycles. The smallest absolute Gasteiger partial charge is 0.0969 e. The highest BCUT2D eigenvalue weighted by molar-refractivity contribution is 6.32. The zero-order chi connectivity index (χ0) is 14.0. The molecule has 0 aliphatic heterocycles. The van der Waals surface area contributed by atoms with Crippen LogP contribution >= 0.6 is 11.6 Å². The van der Waals surface area contributed by atoms with Crippen molar-refractivity contribution in [1.82, 2.24) is 20.3 Å². The second kappa shape index (κ2) is 5.31. The minimum Gasteiger partial charge on any atom is -0.306 e. The maximum atomic E-state index is 6.19. The van der Waals surface area contributed by atoms with E-state index in [2.05, 4.69) is 36.4 Å². The topological polar surface area (TPSA) is 42.7 Å². The lowest BCUT2D eigenvalue weighted by molar-refractivity contribution is 0.421. The fourth-order valence-electron chi connectivity index (χ4n) is 1.65. The van der Waals surface area contributed by atoms with Crippen molar-refractivity contribution in [1.29, 1.82) is 0 Å². The Morgan fingerprint density at radius 3 is 2.74 bits per heavy atom. The fraction of sp³-hybridized carbons (Fsp3) is 0.429. The van der Waals surface area contributed by atoms with E-state index in [-0.39, 0.29) is 5.54 Å². The van der Waals surface area contributed by atoms with Crippen LogP contribution in [0.15, 0.2) is 24.4 Å². The molecule has 1 heterocycles. The summed E-state index contributed by atoms with van der Waals surface area (Å²) < 4.78 is 1.72. The number of aromatic nitrogens is 3. The summed E-state index contributed by atoms with van der Waals surface area (Å²) in [7, 11) is 0. The van der Waals surface area contributed by atoms with Crippen molar-refractivity contribution in [2.75, 3.05) is 0 Å². The van der Waals surface area contributed by atoms with Gasteiger partial charge in [-0.1, -0.05) is 22.9 Å². The van der Waals surface area contributed by atoms with Crippen molar-refractivity contribution in [3.05, 3.63) is 40.7 Å². The van der Waals surface area contributed by atoms with E-state index in [0.717, 1.165) is 16.9 Å². The Balaban J connectivity index is 2.19. The second-order valence-corrected chi connectivity index (χ2v) is 6.12. The van der Waals surface area contributed by atoms with Gasteiger partial charge in [-0.25, -0.2) is 4.68 Å². The zero-order valence-electron chi connectivity index (χ0n) is 11.7. The van der Waals surface area contributed by atoms with Crippen LogP contribution in [0.1, 0.15) is 32.0 Å². The molecule has 19 heavy (non-hydrogen) atoms. The molecule has 0 radical (unpaired) electrons. The summed E-state index contributed by atoms with van der Waals surface area (Å²) in [4.78, 5) is 0. The number of hydrogen-bond donors (Lipinski definition) is 1. The average molecular weight is 279 g/mol. The number of nitrogens with zero attached hydrogens (tertiary/aromatic N) is 3. The SMILES string of the molecule is Cc1ccc(Cl)c(-n2cc(CNC(C)(C)C)nn2)c1. The molecule has 2 rings (SSSR count). The first-order valence-electron chi connectivity index (χ1n) is 6.28. The van der Waals surface area contributed by atoms with E-state index in [1.54, 1.807) is 4.68 Å². The first-order valence-corrected chi connectivity index (χ1v) is 6.66. The van der Waals surface area contributed by atoms with Gasteiger partial charge >= 0.3 is 0 Å². The number of aryl methyl sites for hydroxylation is 1. The summed E-state index contributed by atoms with van der Waals surface area (Å²) in [5.74, 6) is 0. The largest absolute Gasteiger partial charge is 0.306 e. The molecular weight excluding hydrogens is 260 g/mol. The van der Waals surface area contributed by atoms with E-state index >= 15 is 0 Å². The zero-order valence-corrected chi connectivity index (χ0v) is 12.5. The minimum atomic E-state index is 0.0603. The van der Waals surface area contributed by atoms with E-state index in [1.165, 1.54) is 0 Å². The molecule has 5 heteroatoms. The number of nitrogens with one attached hydrogen (secondary N) is 1. The van der Waals surface area contributed by atoms with Gasteiger partial charge in [0.05, 0.1) is 22.6 Å². The molecule has 102 valence electrons. The van der Waals surface area contributed by atoms with Gasteiger partial charge in [0.15, 0.2) is 0 Å². The van der Waals surface area contributed by atoms with Gasteiger partial charge in [0, 0.05) is 12.1 Å². The Bertz CT molecular complexity index is 569. The Morgan fingerprint density at radius 2 is 2.05 bits per heavy atom. The normalized spacial score (nSPS) is 11.8. The van der Waals surface area contributed by atoms with Gasteiger partial charge < -0.3 is 5.32 Å². The Labute approximate surface area is 118 Å². The third-order valence-corrected chi connectivity index (χ3v) is 3.01. The van der Waals surface area contributed by atoms with Gasteiger partial charge in [0.1, 0.15) is 0 Å². The predicted octanol–water partition coefficient (Wildman–Crippen LogP) is 3.12.